The van der Waals surface area contributed by atoms with Crippen molar-refractivity contribution in [3.8, 4) is 0 Å². The number of aromatic nitrogens is 2. The second-order valence-electron chi connectivity index (χ2n) is 4.92. The molecule has 1 aromatic heterocycles. The van der Waals surface area contributed by atoms with Gasteiger partial charge in [0.15, 0.2) is 5.16 Å². The topological polar surface area (TPSA) is 28.7 Å². The van der Waals surface area contributed by atoms with Gasteiger partial charge in [0.1, 0.15) is 0 Å². The van der Waals surface area contributed by atoms with E-state index in [2.05, 4.69) is 37.2 Å². The lowest BCUT2D eigenvalue weighted by Gasteiger charge is -2.23. The van der Waals surface area contributed by atoms with Crippen LogP contribution in [0.4, 0.5) is 0 Å². The predicted molar refractivity (Wildman–Crippen MR) is 69.7 cm³/mol. The zero-order chi connectivity index (χ0) is 11.6. The number of rotatable bonds is 4. The number of hydrogen-bond acceptors (Lipinski definition) is 2. The lowest BCUT2D eigenvalue weighted by atomic mass is 10.3. The van der Waals surface area contributed by atoms with Gasteiger partial charge in [-0.25, -0.2) is 4.98 Å². The second-order valence-corrected chi connectivity index (χ2v) is 6.01. The SMILES string of the molecule is C[N+](C)(C)CCSc1nc2ccccc2[nH]1.[I-]. The minimum Gasteiger partial charge on any atom is -1.00 e. The van der Waals surface area contributed by atoms with Crippen LogP contribution in [0.3, 0.4) is 0 Å². The number of nitrogens with one attached hydrogen (secondary N) is 1. The maximum absolute atomic E-state index is 4.53. The number of H-pyrrole nitrogens is 1. The molecule has 0 aliphatic rings. The highest BCUT2D eigenvalue weighted by Gasteiger charge is 2.08. The van der Waals surface area contributed by atoms with E-state index in [1.54, 1.807) is 11.8 Å². The third-order valence-electron chi connectivity index (χ3n) is 2.37. The fourth-order valence-corrected chi connectivity index (χ4v) is 2.59. The van der Waals surface area contributed by atoms with Gasteiger partial charge in [0.25, 0.3) is 0 Å². The number of hydrogen-bond donors (Lipinski definition) is 1. The summed E-state index contributed by atoms with van der Waals surface area (Å²) in [4.78, 5) is 7.86. The summed E-state index contributed by atoms with van der Waals surface area (Å²) in [6.45, 7) is 1.14. The molecule has 0 amide bonds. The van der Waals surface area contributed by atoms with Crippen LogP contribution < -0.4 is 24.0 Å². The van der Waals surface area contributed by atoms with Crippen LogP contribution in [0.25, 0.3) is 11.0 Å². The highest BCUT2D eigenvalue weighted by atomic mass is 127. The predicted octanol–water partition coefficient (Wildman–Crippen LogP) is -0.635. The first kappa shape index (κ1) is 14.8. The summed E-state index contributed by atoms with van der Waals surface area (Å²) in [6, 6.07) is 8.15. The highest BCUT2D eigenvalue weighted by Crippen LogP contribution is 2.19. The number of thioether (sulfide) groups is 1. The van der Waals surface area contributed by atoms with E-state index in [0.29, 0.717) is 0 Å². The first-order valence-electron chi connectivity index (χ1n) is 5.43. The van der Waals surface area contributed by atoms with E-state index in [1.165, 1.54) is 0 Å². The van der Waals surface area contributed by atoms with E-state index < -0.39 is 0 Å². The highest BCUT2D eigenvalue weighted by molar-refractivity contribution is 7.99. The number of para-hydroxylation sites is 2. The standard InChI is InChI=1S/C12H18N3S.HI/c1-15(2,3)8-9-16-12-13-10-6-4-5-7-11(10)14-12;/h4-7H,8-9H2,1-3H3,(H,13,14);1H/q+1;/p-1. The molecule has 0 saturated heterocycles. The molecule has 2 aromatic rings. The maximum atomic E-state index is 4.53. The molecule has 2 rings (SSSR count). The van der Waals surface area contributed by atoms with Crippen LogP contribution in [0.15, 0.2) is 29.4 Å². The third kappa shape index (κ3) is 4.48. The van der Waals surface area contributed by atoms with Gasteiger partial charge in [-0.15, -0.1) is 0 Å². The van der Waals surface area contributed by atoms with E-state index in [9.17, 15) is 0 Å². The number of nitrogens with zero attached hydrogens (tertiary/aromatic N) is 2. The van der Waals surface area contributed by atoms with Gasteiger partial charge in [0, 0.05) is 0 Å². The minimum absolute atomic E-state index is 0. The molecule has 0 radical (unpaired) electrons. The number of aromatic amines is 1. The van der Waals surface area contributed by atoms with Crippen LogP contribution in [0.1, 0.15) is 0 Å². The van der Waals surface area contributed by atoms with Crippen LogP contribution >= 0.6 is 11.8 Å². The molecule has 5 heteroatoms. The Morgan fingerprint density at radius 3 is 2.59 bits per heavy atom. The van der Waals surface area contributed by atoms with Crippen molar-refractivity contribution in [2.45, 2.75) is 5.16 Å². The molecule has 0 saturated carbocycles. The average molecular weight is 363 g/mol. The van der Waals surface area contributed by atoms with Crippen molar-refractivity contribution in [1.29, 1.82) is 0 Å². The number of benzene rings is 1. The van der Waals surface area contributed by atoms with Crippen LogP contribution in [-0.2, 0) is 0 Å². The average Bonchev–Trinajstić information content (AvgIpc) is 2.57. The Morgan fingerprint density at radius 1 is 1.24 bits per heavy atom. The molecule has 0 fully saturated rings. The molecular formula is C12H18IN3S. The Balaban J connectivity index is 0.00000144. The number of quaternary nitrogens is 1. The van der Waals surface area contributed by atoms with Crippen molar-refractivity contribution in [2.75, 3.05) is 33.4 Å². The molecule has 1 N–H and O–H groups in total. The molecule has 0 unspecified atom stereocenters. The summed E-state index contributed by atoms with van der Waals surface area (Å²) < 4.78 is 0.993. The normalized spacial score (nSPS) is 11.5. The molecule has 94 valence electrons. The van der Waals surface area contributed by atoms with Crippen LogP contribution in [0, 0.1) is 0 Å². The lowest BCUT2D eigenvalue weighted by molar-refractivity contribution is -0.867. The van der Waals surface area contributed by atoms with Gasteiger partial charge in [-0.3, -0.25) is 0 Å². The summed E-state index contributed by atoms with van der Waals surface area (Å²) in [6.07, 6.45) is 0. The molecular weight excluding hydrogens is 345 g/mol. The quantitative estimate of drug-likeness (QED) is 0.445. The van der Waals surface area contributed by atoms with Crippen molar-refractivity contribution in [3.05, 3.63) is 24.3 Å². The molecule has 3 nitrogen and oxygen atoms in total. The van der Waals surface area contributed by atoms with Crippen molar-refractivity contribution in [3.63, 3.8) is 0 Å². The number of imidazole rings is 1. The van der Waals surface area contributed by atoms with Gasteiger partial charge in [-0.1, -0.05) is 23.9 Å². The van der Waals surface area contributed by atoms with Gasteiger partial charge < -0.3 is 33.4 Å². The lowest BCUT2D eigenvalue weighted by Crippen LogP contribution is -3.00. The smallest absolute Gasteiger partial charge is 0.166 e. The second kappa shape index (κ2) is 6.06. The van der Waals surface area contributed by atoms with Gasteiger partial charge in [-0.2, -0.15) is 0 Å². The summed E-state index contributed by atoms with van der Waals surface area (Å²) in [5.74, 6) is 1.09. The Kier molecular flexibility index (Phi) is 5.27. The maximum Gasteiger partial charge on any atom is 0.166 e. The Morgan fingerprint density at radius 2 is 1.94 bits per heavy atom. The number of halogens is 1. The van der Waals surface area contributed by atoms with Gasteiger partial charge in [0.05, 0.1) is 44.5 Å². The fourth-order valence-electron chi connectivity index (χ4n) is 1.41. The molecule has 0 bridgehead atoms. The Labute approximate surface area is 124 Å². The molecule has 17 heavy (non-hydrogen) atoms. The van der Waals surface area contributed by atoms with E-state index in [4.69, 9.17) is 0 Å². The van der Waals surface area contributed by atoms with Crippen molar-refractivity contribution in [2.24, 2.45) is 0 Å². The molecule has 1 heterocycles. The summed E-state index contributed by atoms with van der Waals surface area (Å²) >= 11 is 1.79. The van der Waals surface area contributed by atoms with Crippen molar-refractivity contribution in [1.82, 2.24) is 9.97 Å². The molecule has 0 spiro atoms. The van der Waals surface area contributed by atoms with E-state index in [1.807, 2.05) is 18.2 Å². The van der Waals surface area contributed by atoms with Gasteiger partial charge in [0.2, 0.25) is 0 Å². The van der Waals surface area contributed by atoms with Crippen molar-refractivity contribution < 1.29 is 28.5 Å². The Bertz CT molecular complexity index is 443. The molecule has 0 aliphatic heterocycles. The fraction of sp³-hybridized carbons (Fsp3) is 0.417. The van der Waals surface area contributed by atoms with Crippen LogP contribution in [0.5, 0.6) is 0 Å². The first-order valence-corrected chi connectivity index (χ1v) is 6.41. The summed E-state index contributed by atoms with van der Waals surface area (Å²) in [5, 5.41) is 1.02. The Hall–Kier alpha value is -0.270. The minimum atomic E-state index is 0. The van der Waals surface area contributed by atoms with Crippen LogP contribution in [-0.4, -0.2) is 47.9 Å². The summed E-state index contributed by atoms with van der Waals surface area (Å²) in [7, 11) is 6.62. The zero-order valence-electron chi connectivity index (χ0n) is 10.4. The van der Waals surface area contributed by atoms with Crippen LogP contribution in [0.2, 0.25) is 0 Å². The zero-order valence-corrected chi connectivity index (χ0v) is 13.4. The van der Waals surface area contributed by atoms with E-state index in [0.717, 1.165) is 33.0 Å². The molecule has 0 aliphatic carbocycles. The largest absolute Gasteiger partial charge is 1.00 e. The molecule has 1 aromatic carbocycles. The van der Waals surface area contributed by atoms with Crippen molar-refractivity contribution >= 4 is 22.8 Å². The third-order valence-corrected chi connectivity index (χ3v) is 3.22. The van der Waals surface area contributed by atoms with E-state index >= 15 is 0 Å². The van der Waals surface area contributed by atoms with Gasteiger partial charge >= 0.3 is 0 Å². The monoisotopic (exact) mass is 363 g/mol. The summed E-state index contributed by atoms with van der Waals surface area (Å²) in [5.41, 5.74) is 2.17. The van der Waals surface area contributed by atoms with E-state index in [-0.39, 0.29) is 24.0 Å². The number of fused-ring (bicyclic) bond motifs is 1. The first-order chi connectivity index (χ1) is 7.54. The van der Waals surface area contributed by atoms with Gasteiger partial charge in [-0.05, 0) is 12.1 Å². The molecule has 0 atom stereocenters.